The van der Waals surface area contributed by atoms with Crippen molar-refractivity contribution in [2.24, 2.45) is 0 Å². The van der Waals surface area contributed by atoms with Crippen LogP contribution in [0.3, 0.4) is 0 Å². The summed E-state index contributed by atoms with van der Waals surface area (Å²) in [7, 11) is -4.90. The van der Waals surface area contributed by atoms with Crippen molar-refractivity contribution in [3.63, 3.8) is 0 Å². The minimum absolute atomic E-state index is 0.0221. The number of fused-ring (bicyclic) bond motifs is 2. The van der Waals surface area contributed by atoms with Crippen LogP contribution >= 0.6 is 0 Å². The van der Waals surface area contributed by atoms with E-state index in [1.165, 1.54) is 36.4 Å². The summed E-state index contributed by atoms with van der Waals surface area (Å²) in [4.78, 5) is 37.2. The van der Waals surface area contributed by atoms with Crippen LogP contribution in [0.1, 0.15) is 42.2 Å². The summed E-state index contributed by atoms with van der Waals surface area (Å²) in [6.07, 6.45) is 0. The van der Waals surface area contributed by atoms with E-state index in [-0.39, 0.29) is 39.3 Å². The minimum atomic E-state index is -4.90. The summed E-state index contributed by atoms with van der Waals surface area (Å²) in [5, 5.41) is 12.2. The van der Waals surface area contributed by atoms with Gasteiger partial charge in [-0.2, -0.15) is 8.42 Å². The van der Waals surface area contributed by atoms with Gasteiger partial charge in [-0.1, -0.05) is 24.3 Å². The van der Waals surface area contributed by atoms with Crippen LogP contribution in [0.4, 0.5) is 22.7 Å². The molecule has 0 heterocycles. The van der Waals surface area contributed by atoms with Crippen LogP contribution in [0.5, 0.6) is 0 Å². The highest BCUT2D eigenvalue weighted by molar-refractivity contribution is 7.86. The zero-order valence-electron chi connectivity index (χ0n) is 16.1. The van der Waals surface area contributed by atoms with Crippen LogP contribution in [-0.2, 0) is 10.1 Å². The van der Waals surface area contributed by atoms with Crippen LogP contribution in [0.2, 0.25) is 0 Å². The first-order valence-corrected chi connectivity index (χ1v) is 10.5. The molecule has 0 atom stereocenters. The Bertz CT molecular complexity index is 1460. The zero-order valence-corrected chi connectivity index (χ0v) is 16.9. The normalized spacial score (nSPS) is 12.8. The highest BCUT2D eigenvalue weighted by Crippen LogP contribution is 2.40. The van der Waals surface area contributed by atoms with E-state index in [0.29, 0.717) is 0 Å². The topological polar surface area (TPSA) is 190 Å². The molecule has 0 saturated heterocycles. The molecule has 11 heteroatoms. The average molecular weight is 453 g/mol. The predicted octanol–water partition coefficient (Wildman–Crippen LogP) is 2.31. The van der Waals surface area contributed by atoms with E-state index < -0.39 is 43.8 Å². The second kappa shape index (κ2) is 7.18. The van der Waals surface area contributed by atoms with Gasteiger partial charge in [0.05, 0.1) is 33.8 Å². The molecule has 0 radical (unpaired) electrons. The molecular formula is C21H15N3O7S. The molecule has 0 fully saturated rings. The molecule has 0 unspecified atom stereocenters. The fourth-order valence-electron chi connectivity index (χ4n) is 3.60. The Kier molecular flexibility index (Phi) is 4.72. The molecule has 0 saturated carbocycles. The fraction of sp³-hybridized carbons (Fsp3) is 0. The molecule has 7 N–H and O–H groups in total. The average Bonchev–Trinajstić information content (AvgIpc) is 2.73. The number of carboxylic acids is 1. The molecule has 3 aromatic rings. The van der Waals surface area contributed by atoms with Crippen LogP contribution in [0, 0.1) is 0 Å². The van der Waals surface area contributed by atoms with Crippen molar-refractivity contribution in [3.05, 3.63) is 76.3 Å². The zero-order chi connectivity index (χ0) is 23.4. The number of nitrogens with two attached hydrogens (primary N) is 2. The van der Waals surface area contributed by atoms with Gasteiger partial charge < -0.3 is 21.9 Å². The molecule has 10 nitrogen and oxygen atoms in total. The summed E-state index contributed by atoms with van der Waals surface area (Å²) in [5.41, 5.74) is 10.1. The Labute approximate surface area is 181 Å². The first-order valence-electron chi connectivity index (χ1n) is 9.03. The molecule has 3 aromatic carbocycles. The molecule has 1 aliphatic carbocycles. The monoisotopic (exact) mass is 453 g/mol. The van der Waals surface area contributed by atoms with Crippen LogP contribution < -0.4 is 16.8 Å². The smallest absolute Gasteiger partial charge is 0.337 e. The molecule has 0 bridgehead atoms. The van der Waals surface area contributed by atoms with Crippen LogP contribution in [0.25, 0.3) is 0 Å². The number of rotatable bonds is 4. The van der Waals surface area contributed by atoms with E-state index >= 15 is 0 Å². The summed E-state index contributed by atoms with van der Waals surface area (Å²) in [6.45, 7) is 0. The number of carboxylic acid groups (broad SMARTS) is 1. The van der Waals surface area contributed by atoms with E-state index in [1.807, 2.05) is 0 Å². The van der Waals surface area contributed by atoms with Gasteiger partial charge in [-0.3, -0.25) is 14.1 Å². The molecule has 4 rings (SSSR count). The number of hydrogen-bond donors (Lipinski definition) is 5. The van der Waals surface area contributed by atoms with E-state index in [4.69, 9.17) is 11.5 Å². The molecule has 1 aliphatic rings. The summed E-state index contributed by atoms with van der Waals surface area (Å²) >= 11 is 0. The predicted molar refractivity (Wildman–Crippen MR) is 115 cm³/mol. The first-order chi connectivity index (χ1) is 15.0. The minimum Gasteiger partial charge on any atom is -0.478 e. The van der Waals surface area contributed by atoms with Crippen molar-refractivity contribution in [2.45, 2.75) is 4.90 Å². The number of ketones is 2. The summed E-state index contributed by atoms with van der Waals surface area (Å²) < 4.78 is 33.5. The van der Waals surface area contributed by atoms with E-state index in [9.17, 15) is 32.5 Å². The number of benzene rings is 3. The molecule has 162 valence electrons. The summed E-state index contributed by atoms with van der Waals surface area (Å²) in [6, 6.07) is 10.7. The van der Waals surface area contributed by atoms with Gasteiger partial charge in [-0.05, 0) is 24.3 Å². The highest BCUT2D eigenvalue weighted by atomic mass is 32.2. The Morgan fingerprint density at radius 2 is 1.47 bits per heavy atom. The second-order valence-corrected chi connectivity index (χ2v) is 8.39. The summed E-state index contributed by atoms with van der Waals surface area (Å²) in [5.74, 6) is -2.68. The maximum absolute atomic E-state index is 13.3. The number of nitrogen functional groups attached to an aromatic ring is 2. The number of hydrogen-bond acceptors (Lipinski definition) is 8. The van der Waals surface area contributed by atoms with Crippen molar-refractivity contribution in [1.82, 2.24) is 0 Å². The van der Waals surface area contributed by atoms with E-state index in [0.717, 1.165) is 6.07 Å². The third-order valence-corrected chi connectivity index (χ3v) is 5.91. The lowest BCUT2D eigenvalue weighted by Gasteiger charge is -2.24. The Morgan fingerprint density at radius 1 is 0.875 bits per heavy atom. The van der Waals surface area contributed by atoms with Gasteiger partial charge in [0, 0.05) is 16.8 Å². The third-order valence-electron chi connectivity index (χ3n) is 5.02. The lowest BCUT2D eigenvalue weighted by molar-refractivity contribution is 0.0697. The number of aromatic carboxylic acids is 1. The Hall–Kier alpha value is -4.22. The Balaban J connectivity index is 2.04. The van der Waals surface area contributed by atoms with Crippen molar-refractivity contribution >= 4 is 50.4 Å². The van der Waals surface area contributed by atoms with E-state index in [1.54, 1.807) is 6.07 Å². The quantitative estimate of drug-likeness (QED) is 0.226. The SMILES string of the molecule is Nc1ccc(Nc2cc(S(=O)(=O)O)c(N)c3c2C(=O)c2ccccc2C3=O)c(C(=O)O)c1. The standard InChI is InChI=1S/C21H15N3O7S/c22-9-5-6-13(12(7-9)21(27)28)24-14-8-15(32(29,30)31)18(23)17-16(14)19(25)10-3-1-2-4-11(10)20(17)26/h1-8,24H,22-23H2,(H,27,28)(H,29,30,31). The van der Waals surface area contributed by atoms with Gasteiger partial charge in [-0.15, -0.1) is 0 Å². The molecule has 0 aromatic heterocycles. The number of nitrogens with one attached hydrogen (secondary N) is 1. The second-order valence-electron chi connectivity index (χ2n) is 7.00. The maximum atomic E-state index is 13.3. The fourth-order valence-corrected chi connectivity index (χ4v) is 4.25. The first kappa shape index (κ1) is 21.0. The Morgan fingerprint density at radius 3 is 2.03 bits per heavy atom. The third kappa shape index (κ3) is 3.25. The molecule has 0 aliphatic heterocycles. The molecule has 0 amide bonds. The van der Waals surface area contributed by atoms with Gasteiger partial charge >= 0.3 is 5.97 Å². The van der Waals surface area contributed by atoms with Crippen LogP contribution in [0.15, 0.2) is 53.4 Å². The van der Waals surface area contributed by atoms with Crippen LogP contribution in [-0.4, -0.2) is 35.6 Å². The van der Waals surface area contributed by atoms with Gasteiger partial charge in [-0.25, -0.2) is 4.79 Å². The van der Waals surface area contributed by atoms with E-state index in [2.05, 4.69) is 5.32 Å². The number of carbonyl (C=O) groups excluding carboxylic acids is 2. The lowest BCUT2D eigenvalue weighted by atomic mass is 9.82. The highest BCUT2D eigenvalue weighted by Gasteiger charge is 2.36. The van der Waals surface area contributed by atoms with Gasteiger partial charge in [0.15, 0.2) is 11.6 Å². The lowest BCUT2D eigenvalue weighted by Crippen LogP contribution is -2.25. The van der Waals surface area contributed by atoms with Gasteiger partial charge in [0.1, 0.15) is 4.90 Å². The van der Waals surface area contributed by atoms with Crippen molar-refractivity contribution < 1.29 is 32.5 Å². The van der Waals surface area contributed by atoms with Crippen molar-refractivity contribution in [2.75, 3.05) is 16.8 Å². The molecule has 32 heavy (non-hydrogen) atoms. The largest absolute Gasteiger partial charge is 0.478 e. The molecular weight excluding hydrogens is 438 g/mol. The molecule has 0 spiro atoms. The number of carbonyl (C=O) groups is 3. The van der Waals surface area contributed by atoms with Gasteiger partial charge in [0.2, 0.25) is 0 Å². The maximum Gasteiger partial charge on any atom is 0.337 e. The number of anilines is 4. The van der Waals surface area contributed by atoms with Gasteiger partial charge in [0.25, 0.3) is 10.1 Å². The van der Waals surface area contributed by atoms with Crippen molar-refractivity contribution in [1.29, 1.82) is 0 Å². The van der Waals surface area contributed by atoms with Crippen molar-refractivity contribution in [3.8, 4) is 0 Å².